The van der Waals surface area contributed by atoms with E-state index < -0.39 is 26.5 Å². The molecule has 1 saturated carbocycles. The Bertz CT molecular complexity index is 1240. The van der Waals surface area contributed by atoms with Crippen molar-refractivity contribution in [3.63, 3.8) is 0 Å². The monoisotopic (exact) mass is 456 g/mol. The molecule has 0 aliphatic heterocycles. The normalized spacial score (nSPS) is 18.5. The van der Waals surface area contributed by atoms with Crippen molar-refractivity contribution in [2.75, 3.05) is 5.32 Å². The molecule has 32 heavy (non-hydrogen) atoms. The van der Waals surface area contributed by atoms with E-state index in [4.69, 9.17) is 14.3 Å². The summed E-state index contributed by atoms with van der Waals surface area (Å²) in [4.78, 5) is 13.5. The Labute approximate surface area is 187 Å². The number of furan rings is 1. The number of benzene rings is 1. The molecule has 9 heteroatoms. The Morgan fingerprint density at radius 3 is 2.62 bits per heavy atom. The fourth-order valence-electron chi connectivity index (χ4n) is 4.67. The summed E-state index contributed by atoms with van der Waals surface area (Å²) in [5, 5.41) is 28.2. The number of carbonyl (C=O) groups is 1. The molecule has 0 saturated heterocycles. The highest BCUT2D eigenvalue weighted by Crippen LogP contribution is 2.47. The first kappa shape index (κ1) is 22.5. The third kappa shape index (κ3) is 3.94. The fraction of sp³-hybridized carbons (Fsp3) is 0.478. The molecule has 2 aromatic rings. The summed E-state index contributed by atoms with van der Waals surface area (Å²) in [6.07, 6.45) is 5.75. The molecule has 8 nitrogen and oxygen atoms in total. The van der Waals surface area contributed by atoms with Crippen LogP contribution in [-0.2, 0) is 28.4 Å². The number of amides is 1. The molecule has 1 amide bonds. The van der Waals surface area contributed by atoms with Crippen LogP contribution >= 0.6 is 0 Å². The van der Waals surface area contributed by atoms with E-state index in [-0.39, 0.29) is 17.0 Å². The molecule has 0 bridgehead atoms. The molecule has 0 spiro atoms. The number of hydrogen-bond donors (Lipinski definition) is 4. The number of nitriles is 1. The first-order chi connectivity index (χ1) is 14.9. The van der Waals surface area contributed by atoms with E-state index in [2.05, 4.69) is 18.3 Å². The quantitative estimate of drug-likeness (QED) is 0.519. The first-order valence-corrected chi connectivity index (χ1v) is 12.4. The van der Waals surface area contributed by atoms with Gasteiger partial charge in [0.25, 0.3) is 5.91 Å². The van der Waals surface area contributed by atoms with Gasteiger partial charge in [0.15, 0.2) is 9.92 Å². The molecule has 0 radical (unpaired) electrons. The van der Waals surface area contributed by atoms with Crippen LogP contribution in [0.1, 0.15) is 84.1 Å². The van der Waals surface area contributed by atoms with Crippen LogP contribution < -0.4 is 10.5 Å². The van der Waals surface area contributed by atoms with Crippen molar-refractivity contribution in [3.8, 4) is 6.07 Å². The predicted octanol–water partition coefficient (Wildman–Crippen LogP) is 3.91. The van der Waals surface area contributed by atoms with E-state index in [1.165, 1.54) is 13.8 Å². The van der Waals surface area contributed by atoms with Crippen molar-refractivity contribution in [2.24, 2.45) is 11.1 Å². The Morgan fingerprint density at radius 1 is 1.41 bits per heavy atom. The summed E-state index contributed by atoms with van der Waals surface area (Å²) in [5.74, 6) is 0.0271. The minimum absolute atomic E-state index is 0.109. The average Bonchev–Trinajstić information content (AvgIpc) is 3.23. The molecular weight excluding hydrogens is 428 g/mol. The summed E-state index contributed by atoms with van der Waals surface area (Å²) in [6, 6.07) is 4.19. The first-order valence-electron chi connectivity index (χ1n) is 10.7. The Hall–Kier alpha value is -2.67. The van der Waals surface area contributed by atoms with Gasteiger partial charge in [-0.15, -0.1) is 0 Å². The van der Waals surface area contributed by atoms with Crippen molar-refractivity contribution in [2.45, 2.75) is 69.5 Å². The Balaban J connectivity index is 1.86. The molecule has 2 unspecified atom stereocenters. The summed E-state index contributed by atoms with van der Waals surface area (Å²) in [7, 11) is -3.84. The maximum Gasteiger partial charge on any atom is 0.260 e. The average molecular weight is 457 g/mol. The topological polar surface area (TPSA) is 153 Å². The maximum atomic E-state index is 13.5. The number of hydrogen-bond acceptors (Lipinski definition) is 6. The van der Waals surface area contributed by atoms with E-state index in [0.717, 1.165) is 55.1 Å². The van der Waals surface area contributed by atoms with Crippen LogP contribution in [0.3, 0.4) is 0 Å². The molecule has 2 aliphatic carbocycles. The zero-order chi connectivity index (χ0) is 23.4. The van der Waals surface area contributed by atoms with Crippen LogP contribution in [-0.4, -0.2) is 15.2 Å². The van der Waals surface area contributed by atoms with Crippen LogP contribution in [0.4, 0.5) is 5.69 Å². The fourth-order valence-corrected chi connectivity index (χ4v) is 5.36. The van der Waals surface area contributed by atoms with Crippen molar-refractivity contribution in [1.29, 1.82) is 10.0 Å². The number of aliphatic hydroxyl groups is 1. The van der Waals surface area contributed by atoms with Gasteiger partial charge in [-0.2, -0.15) is 5.26 Å². The minimum Gasteiger partial charge on any atom is -0.452 e. The van der Waals surface area contributed by atoms with E-state index in [9.17, 15) is 19.4 Å². The lowest BCUT2D eigenvalue weighted by Gasteiger charge is -2.22. The van der Waals surface area contributed by atoms with Crippen molar-refractivity contribution < 1.29 is 18.5 Å². The van der Waals surface area contributed by atoms with Gasteiger partial charge in [-0.3, -0.25) is 4.79 Å². The highest BCUT2D eigenvalue weighted by molar-refractivity contribution is 7.90. The van der Waals surface area contributed by atoms with Crippen molar-refractivity contribution in [1.82, 2.24) is 0 Å². The van der Waals surface area contributed by atoms with Gasteiger partial charge >= 0.3 is 0 Å². The highest BCUT2D eigenvalue weighted by Gasteiger charge is 2.36. The third-order valence-corrected chi connectivity index (χ3v) is 7.38. The van der Waals surface area contributed by atoms with Gasteiger partial charge in [-0.1, -0.05) is 6.92 Å². The van der Waals surface area contributed by atoms with Gasteiger partial charge in [-0.25, -0.2) is 14.1 Å². The number of fused-ring (bicyclic) bond motifs is 1. The van der Waals surface area contributed by atoms with Crippen molar-refractivity contribution in [3.05, 3.63) is 45.7 Å². The maximum absolute atomic E-state index is 13.5. The second-order valence-corrected chi connectivity index (χ2v) is 10.9. The third-order valence-electron chi connectivity index (χ3n) is 6.53. The molecule has 5 N–H and O–H groups in total. The number of nitrogens with one attached hydrogen (secondary N) is 2. The lowest BCUT2D eigenvalue weighted by molar-refractivity contribution is 0.0754. The summed E-state index contributed by atoms with van der Waals surface area (Å²) < 4.78 is 25.3. The van der Waals surface area contributed by atoms with Gasteiger partial charge in [-0.05, 0) is 80.5 Å². The SMILES string of the molecule is CC(c1cc(C#N)c2c(c1NC(=O)c1c(C(C)(C)O)coc1S(=N)(N)=O)CCC2)C1CC1. The van der Waals surface area contributed by atoms with E-state index in [1.807, 2.05) is 6.07 Å². The summed E-state index contributed by atoms with van der Waals surface area (Å²) in [5.41, 5.74) is 2.59. The molecule has 1 aromatic heterocycles. The Kier molecular flexibility index (Phi) is 5.44. The van der Waals surface area contributed by atoms with Gasteiger partial charge in [0.1, 0.15) is 5.56 Å². The molecule has 2 atom stereocenters. The standard InChI is InChI=1S/C23H28N4O4S/c1-12(13-7-8-13)17-9-14(10-24)15-5-4-6-16(15)20(17)27-21(28)19-18(23(2,3)29)11-31-22(19)32(25,26)30/h9,11-13,29H,4-8H2,1-3H3,(H,27,28)(H3,25,26,30). The van der Waals surface area contributed by atoms with Crippen LogP contribution in [0.25, 0.3) is 0 Å². The lowest BCUT2D eigenvalue weighted by atomic mass is 9.88. The summed E-state index contributed by atoms with van der Waals surface area (Å²) in [6.45, 7) is 5.05. The van der Waals surface area contributed by atoms with Gasteiger partial charge in [0.05, 0.1) is 23.5 Å². The predicted molar refractivity (Wildman–Crippen MR) is 120 cm³/mol. The molecule has 170 valence electrons. The van der Waals surface area contributed by atoms with Crippen LogP contribution in [0, 0.1) is 22.0 Å². The molecular formula is C23H28N4O4S. The van der Waals surface area contributed by atoms with E-state index >= 15 is 0 Å². The number of carbonyl (C=O) groups excluding carboxylic acids is 1. The van der Waals surface area contributed by atoms with E-state index in [1.54, 1.807) is 0 Å². The molecule has 4 rings (SSSR count). The smallest absolute Gasteiger partial charge is 0.260 e. The Morgan fingerprint density at radius 2 is 2.06 bits per heavy atom. The zero-order valence-corrected chi connectivity index (χ0v) is 19.3. The van der Waals surface area contributed by atoms with Crippen LogP contribution in [0.15, 0.2) is 21.8 Å². The largest absolute Gasteiger partial charge is 0.452 e. The summed E-state index contributed by atoms with van der Waals surface area (Å²) >= 11 is 0. The lowest BCUT2D eigenvalue weighted by Crippen LogP contribution is -2.25. The number of nitrogens with two attached hydrogens (primary N) is 1. The molecule has 1 aromatic carbocycles. The van der Waals surface area contributed by atoms with Gasteiger partial charge in [0, 0.05) is 11.3 Å². The van der Waals surface area contributed by atoms with Gasteiger partial charge < -0.3 is 14.8 Å². The number of anilines is 1. The van der Waals surface area contributed by atoms with Crippen LogP contribution in [0.5, 0.6) is 0 Å². The van der Waals surface area contributed by atoms with E-state index in [0.29, 0.717) is 17.2 Å². The number of rotatable bonds is 6. The molecule has 1 fully saturated rings. The second kappa shape index (κ2) is 7.73. The zero-order valence-electron chi connectivity index (χ0n) is 18.4. The highest BCUT2D eigenvalue weighted by atomic mass is 32.2. The number of nitrogens with zero attached hydrogens (tertiary/aromatic N) is 1. The van der Waals surface area contributed by atoms with Crippen molar-refractivity contribution >= 4 is 21.5 Å². The molecule has 2 aliphatic rings. The molecule has 1 heterocycles. The van der Waals surface area contributed by atoms with Crippen LogP contribution in [0.2, 0.25) is 0 Å². The second-order valence-electron chi connectivity index (χ2n) is 9.36. The van der Waals surface area contributed by atoms with Gasteiger partial charge in [0.2, 0.25) is 5.09 Å². The minimum atomic E-state index is -3.84.